The molecule has 12 heteroatoms. The number of carbonyl (C=O) groups is 1. The molecule has 3 saturated heterocycles. The second-order valence-corrected chi connectivity index (χ2v) is 19.2. The summed E-state index contributed by atoms with van der Waals surface area (Å²) < 4.78 is 45.6. The maximum absolute atomic E-state index is 13.0. The third-order valence-corrected chi connectivity index (χ3v) is 13.6. The van der Waals surface area contributed by atoms with Crippen LogP contribution in [0.4, 0.5) is 0 Å². The molecule has 1 aromatic heterocycles. The predicted molar refractivity (Wildman–Crippen MR) is 225 cm³/mol. The molecular weight excluding hydrogens is 864 g/mol. The third kappa shape index (κ3) is 14.4. The first kappa shape index (κ1) is 44.1. The number of rotatable bonds is 20. The van der Waals surface area contributed by atoms with Gasteiger partial charge in [-0.05, 0) is 158 Å². The summed E-state index contributed by atoms with van der Waals surface area (Å²) in [5, 5.41) is 11.2. The highest BCUT2D eigenvalue weighted by Crippen LogP contribution is 2.42. The van der Waals surface area contributed by atoms with E-state index in [-0.39, 0.29) is 55.0 Å². The van der Waals surface area contributed by atoms with E-state index in [2.05, 4.69) is 56.2 Å². The van der Waals surface area contributed by atoms with Gasteiger partial charge in [0.15, 0.2) is 18.9 Å². The van der Waals surface area contributed by atoms with Crippen LogP contribution in [0.2, 0.25) is 0 Å². The molecule has 0 bridgehead atoms. The first-order valence-corrected chi connectivity index (χ1v) is 23.3. The number of aliphatic hydroxyl groups is 1. The van der Waals surface area contributed by atoms with Crippen LogP contribution >= 0.6 is 43.2 Å². The van der Waals surface area contributed by atoms with Gasteiger partial charge in [0.1, 0.15) is 6.10 Å². The molecule has 1 saturated carbocycles. The van der Waals surface area contributed by atoms with E-state index in [1.807, 2.05) is 24.3 Å². The number of aryl methyl sites for hydroxylation is 1. The van der Waals surface area contributed by atoms with Gasteiger partial charge in [0.05, 0.1) is 38.1 Å². The standard InChI is InChI=1S/C44H60Br2O9S/c45-39-28-32(43(46)56-39)21-22-33(47)23-24-36-35(37(54-41-19-9-12-26-50-41)29-38(36)55-42-20-10-13-27-51-42)17-7-2-1-6-16-34(30-52-40-18-8-11-25-49-40)53-44(48)31-14-4-3-5-15-31/h2-5,7,14-15,23-24,28,33-38,40-42,47H,1,6,8-13,16-22,25-27,29-30H2/t33-,34?,35+,36+,37-,38+,40?,41?,42?/m0/s1. The number of benzene rings is 1. The highest BCUT2D eigenvalue weighted by Gasteiger charge is 2.45. The summed E-state index contributed by atoms with van der Waals surface area (Å²) >= 11 is 8.88. The van der Waals surface area contributed by atoms with E-state index in [1.165, 1.54) is 5.56 Å². The Kier molecular flexibility index (Phi) is 18.9. The molecule has 0 radical (unpaired) electrons. The van der Waals surface area contributed by atoms with Crippen LogP contribution in [0.25, 0.3) is 0 Å². The van der Waals surface area contributed by atoms with Crippen LogP contribution in [0.15, 0.2) is 68.3 Å². The Morgan fingerprint density at radius 3 is 2.20 bits per heavy atom. The molecule has 1 aromatic carbocycles. The van der Waals surface area contributed by atoms with Gasteiger partial charge in [-0.1, -0.05) is 42.5 Å². The Morgan fingerprint density at radius 2 is 1.55 bits per heavy atom. The summed E-state index contributed by atoms with van der Waals surface area (Å²) in [4.78, 5) is 13.0. The van der Waals surface area contributed by atoms with Gasteiger partial charge in [-0.15, -0.1) is 11.3 Å². The van der Waals surface area contributed by atoms with Crippen molar-refractivity contribution in [2.24, 2.45) is 11.8 Å². The normalized spacial score (nSPS) is 28.5. The Bertz CT molecular complexity index is 1490. The summed E-state index contributed by atoms with van der Waals surface area (Å²) in [6.45, 7) is 2.46. The molecule has 0 amide bonds. The number of carbonyl (C=O) groups excluding carboxylic acids is 1. The van der Waals surface area contributed by atoms with E-state index in [1.54, 1.807) is 23.5 Å². The fourth-order valence-electron chi connectivity index (χ4n) is 8.05. The molecule has 3 aliphatic heterocycles. The van der Waals surface area contributed by atoms with E-state index in [0.717, 1.165) is 111 Å². The van der Waals surface area contributed by atoms with E-state index < -0.39 is 6.10 Å². The van der Waals surface area contributed by atoms with E-state index in [9.17, 15) is 9.90 Å². The highest BCUT2D eigenvalue weighted by atomic mass is 79.9. The summed E-state index contributed by atoms with van der Waals surface area (Å²) in [6, 6.07) is 11.2. The molecule has 310 valence electrons. The number of unbranched alkanes of at least 4 members (excludes halogenated alkanes) is 1. The van der Waals surface area contributed by atoms with Crippen molar-refractivity contribution >= 4 is 49.2 Å². The van der Waals surface area contributed by atoms with Crippen molar-refractivity contribution in [1.82, 2.24) is 0 Å². The average Bonchev–Trinajstić information content (AvgIpc) is 3.72. The number of thiophene rings is 1. The number of allylic oxidation sites excluding steroid dienone is 2. The largest absolute Gasteiger partial charge is 0.456 e. The highest BCUT2D eigenvalue weighted by molar-refractivity contribution is 9.12. The lowest BCUT2D eigenvalue weighted by atomic mass is 9.89. The zero-order valence-electron chi connectivity index (χ0n) is 32.5. The molecule has 6 rings (SSSR count). The molecule has 4 unspecified atom stereocenters. The monoisotopic (exact) mass is 922 g/mol. The summed E-state index contributed by atoms with van der Waals surface area (Å²) in [5.41, 5.74) is 1.73. The number of hydrogen-bond acceptors (Lipinski definition) is 10. The van der Waals surface area contributed by atoms with Crippen molar-refractivity contribution in [1.29, 1.82) is 0 Å². The van der Waals surface area contributed by atoms with E-state index in [0.29, 0.717) is 31.6 Å². The molecule has 56 heavy (non-hydrogen) atoms. The average molecular weight is 925 g/mol. The lowest BCUT2D eigenvalue weighted by Gasteiger charge is -2.30. The minimum absolute atomic E-state index is 0.0383. The maximum atomic E-state index is 13.0. The van der Waals surface area contributed by atoms with Crippen LogP contribution < -0.4 is 0 Å². The molecule has 4 fully saturated rings. The second-order valence-electron chi connectivity index (χ2n) is 15.4. The summed E-state index contributed by atoms with van der Waals surface area (Å²) in [6.07, 6.45) is 21.3. The van der Waals surface area contributed by atoms with Crippen molar-refractivity contribution in [3.05, 3.63) is 79.4 Å². The topological polar surface area (TPSA) is 102 Å². The smallest absolute Gasteiger partial charge is 0.338 e. The minimum Gasteiger partial charge on any atom is -0.456 e. The van der Waals surface area contributed by atoms with Gasteiger partial charge in [0, 0.05) is 32.2 Å². The molecule has 1 aliphatic carbocycles. The van der Waals surface area contributed by atoms with Crippen molar-refractivity contribution in [3.63, 3.8) is 0 Å². The first-order valence-electron chi connectivity index (χ1n) is 20.9. The molecule has 9 nitrogen and oxygen atoms in total. The predicted octanol–water partition coefficient (Wildman–Crippen LogP) is 10.5. The summed E-state index contributed by atoms with van der Waals surface area (Å²) in [7, 11) is 0. The van der Waals surface area contributed by atoms with Crippen molar-refractivity contribution in [3.8, 4) is 0 Å². The molecule has 2 aromatic rings. The van der Waals surface area contributed by atoms with E-state index >= 15 is 0 Å². The number of halogens is 2. The summed E-state index contributed by atoms with van der Waals surface area (Å²) in [5.74, 6) is -0.156. The Hall–Kier alpha value is -1.45. The molecule has 4 heterocycles. The van der Waals surface area contributed by atoms with Gasteiger partial charge in [-0.2, -0.15) is 0 Å². The van der Waals surface area contributed by atoms with Crippen LogP contribution in [0.3, 0.4) is 0 Å². The number of aliphatic hydroxyl groups excluding tert-OH is 1. The Labute approximate surface area is 354 Å². The van der Waals surface area contributed by atoms with Crippen molar-refractivity contribution in [2.45, 2.75) is 146 Å². The van der Waals surface area contributed by atoms with E-state index in [4.69, 9.17) is 33.2 Å². The van der Waals surface area contributed by atoms with Crippen molar-refractivity contribution in [2.75, 3.05) is 26.4 Å². The molecule has 1 N–H and O–H groups in total. The van der Waals surface area contributed by atoms with Gasteiger partial charge in [0.25, 0.3) is 0 Å². The quantitative estimate of drug-likeness (QED) is 0.0790. The van der Waals surface area contributed by atoms with Gasteiger partial charge < -0.3 is 38.3 Å². The van der Waals surface area contributed by atoms with Crippen LogP contribution in [-0.4, -0.2) is 80.8 Å². The molecule has 0 spiro atoms. The van der Waals surface area contributed by atoms with Gasteiger partial charge in [-0.3, -0.25) is 0 Å². The Balaban J connectivity index is 1.09. The Morgan fingerprint density at radius 1 is 0.875 bits per heavy atom. The molecule has 4 aliphatic rings. The van der Waals surface area contributed by atoms with Crippen LogP contribution in [-0.2, 0) is 39.6 Å². The zero-order valence-corrected chi connectivity index (χ0v) is 36.5. The SMILES string of the molecule is O=C(OC(CCCC=CC[C@@H]1[C@@H](C=C[C@@H](O)CCc2cc(Br)sc2Br)[C@H](OC2CCCCO2)C[C@@H]1OC1CCCCO1)COC1CCCCO1)c1ccccc1. The molecular formula is C44H60Br2O9S. The van der Waals surface area contributed by atoms with Crippen LogP contribution in [0.1, 0.15) is 112 Å². The fraction of sp³-hybridized carbons (Fsp3) is 0.659. The second kappa shape index (κ2) is 24.0. The lowest BCUT2D eigenvalue weighted by molar-refractivity contribution is -0.203. The lowest BCUT2D eigenvalue weighted by Crippen LogP contribution is -2.31. The van der Waals surface area contributed by atoms with Crippen LogP contribution in [0, 0.1) is 11.8 Å². The van der Waals surface area contributed by atoms with Gasteiger partial charge in [0.2, 0.25) is 0 Å². The van der Waals surface area contributed by atoms with Crippen LogP contribution in [0.5, 0.6) is 0 Å². The van der Waals surface area contributed by atoms with Gasteiger partial charge >= 0.3 is 5.97 Å². The number of ether oxygens (including phenoxy) is 7. The number of hydrogen-bond donors (Lipinski definition) is 1. The number of esters is 1. The third-order valence-electron chi connectivity index (χ3n) is 11.1. The first-order chi connectivity index (χ1) is 27.4. The fourth-order valence-corrected chi connectivity index (χ4v) is 11.0. The molecule has 9 atom stereocenters. The van der Waals surface area contributed by atoms with Crippen molar-refractivity contribution < 1.29 is 43.1 Å². The zero-order chi connectivity index (χ0) is 39.0. The van der Waals surface area contributed by atoms with Gasteiger partial charge in [-0.25, -0.2) is 4.79 Å². The minimum atomic E-state index is -0.581. The maximum Gasteiger partial charge on any atom is 0.338 e.